The number of carbonyl (C=O) groups excluding carboxylic acids is 1. The fraction of sp³-hybridized carbons (Fsp3) is 0.0769. The fourth-order valence-corrected chi connectivity index (χ4v) is 1.95. The normalized spacial score (nSPS) is 11.1. The average molecular weight is 349 g/mol. The van der Waals surface area contributed by atoms with Crippen LogP contribution in [0, 0.1) is 4.64 Å². The van der Waals surface area contributed by atoms with Crippen molar-refractivity contribution >= 4 is 35.4 Å². The Kier molecular flexibility index (Phi) is 4.72. The van der Waals surface area contributed by atoms with Crippen LogP contribution in [-0.2, 0) is 0 Å². The summed E-state index contributed by atoms with van der Waals surface area (Å²) in [4.78, 5) is 14.7. The number of aromatic nitrogens is 1. The van der Waals surface area contributed by atoms with E-state index < -0.39 is 12.3 Å². The molecule has 0 fully saturated rings. The Morgan fingerprint density at radius 2 is 1.86 bits per heavy atom. The number of nitrogens with one attached hydrogen (secondary N) is 2. The minimum Gasteiger partial charge on any atom is -0.406 e. The summed E-state index contributed by atoms with van der Waals surface area (Å²) in [6.45, 7) is 0. The second-order valence-electron chi connectivity index (χ2n) is 4.06. The molecule has 0 aliphatic carbocycles. The molecule has 116 valence electrons. The van der Waals surface area contributed by atoms with Crippen LogP contribution in [-0.4, -0.2) is 17.3 Å². The van der Waals surface area contributed by atoms with E-state index in [9.17, 15) is 18.0 Å². The van der Waals surface area contributed by atoms with Gasteiger partial charge >= 0.3 is 6.36 Å². The third-order valence-electron chi connectivity index (χ3n) is 2.49. The van der Waals surface area contributed by atoms with Gasteiger partial charge in [0.25, 0.3) is 5.91 Å². The summed E-state index contributed by atoms with van der Waals surface area (Å²) in [7, 11) is 0. The van der Waals surface area contributed by atoms with Gasteiger partial charge in [-0.3, -0.25) is 4.79 Å². The van der Waals surface area contributed by atoms with Crippen molar-refractivity contribution in [3.8, 4) is 5.75 Å². The Balaban J connectivity index is 2.12. The number of aromatic amines is 1. The standard InChI is InChI=1S/C13H8ClF3N2O2S/c14-10-9(5-6-18-12(10)22)11(20)19-7-1-3-8(4-2-7)21-13(15,16)17/h1-6H,(H,18,22)(H,19,20). The third kappa shape index (κ3) is 4.22. The molecule has 22 heavy (non-hydrogen) atoms. The molecule has 4 nitrogen and oxygen atoms in total. The van der Waals surface area contributed by atoms with Crippen LogP contribution in [0.3, 0.4) is 0 Å². The highest BCUT2D eigenvalue weighted by Gasteiger charge is 2.30. The van der Waals surface area contributed by atoms with E-state index in [-0.39, 0.29) is 26.7 Å². The SMILES string of the molecule is O=C(Nc1ccc(OC(F)(F)F)cc1)c1cc[nH]c(=S)c1Cl. The molecule has 9 heteroatoms. The van der Waals surface area contributed by atoms with E-state index in [1.807, 2.05) is 0 Å². The highest BCUT2D eigenvalue weighted by Crippen LogP contribution is 2.24. The molecule has 0 radical (unpaired) electrons. The van der Waals surface area contributed by atoms with Gasteiger partial charge in [0.05, 0.1) is 10.6 Å². The number of ether oxygens (including phenoxy) is 1. The zero-order valence-corrected chi connectivity index (χ0v) is 12.3. The van der Waals surface area contributed by atoms with Crippen LogP contribution in [0.2, 0.25) is 5.02 Å². The van der Waals surface area contributed by atoms with Crippen molar-refractivity contribution in [1.82, 2.24) is 4.98 Å². The quantitative estimate of drug-likeness (QED) is 0.800. The maximum absolute atomic E-state index is 12.0. The molecule has 0 aliphatic heterocycles. The molecule has 2 N–H and O–H groups in total. The first-order chi connectivity index (χ1) is 10.3. The first kappa shape index (κ1) is 16.3. The predicted octanol–water partition coefficient (Wildman–Crippen LogP) is 4.55. The summed E-state index contributed by atoms with van der Waals surface area (Å²) in [5.74, 6) is -0.916. The minimum absolute atomic E-state index is 0.0898. The number of pyridine rings is 1. The number of H-pyrrole nitrogens is 1. The summed E-state index contributed by atoms with van der Waals surface area (Å²) < 4.78 is 40.0. The topological polar surface area (TPSA) is 54.1 Å². The molecule has 1 heterocycles. The number of hydrogen-bond donors (Lipinski definition) is 2. The Labute approximate surface area is 132 Å². The van der Waals surface area contributed by atoms with Crippen molar-refractivity contribution in [3.05, 3.63) is 51.8 Å². The van der Waals surface area contributed by atoms with Gasteiger partial charge < -0.3 is 15.0 Å². The molecular formula is C13H8ClF3N2O2S. The monoisotopic (exact) mass is 348 g/mol. The highest BCUT2D eigenvalue weighted by molar-refractivity contribution is 7.71. The van der Waals surface area contributed by atoms with Gasteiger partial charge in [-0.05, 0) is 30.3 Å². The number of carbonyl (C=O) groups is 1. The zero-order valence-electron chi connectivity index (χ0n) is 10.7. The number of amides is 1. The van der Waals surface area contributed by atoms with Gasteiger partial charge in [0.15, 0.2) is 0 Å². The molecule has 0 unspecified atom stereocenters. The van der Waals surface area contributed by atoms with Crippen LogP contribution in [0.25, 0.3) is 0 Å². The fourth-order valence-electron chi connectivity index (χ4n) is 1.57. The van der Waals surface area contributed by atoms with Gasteiger partial charge in [0, 0.05) is 11.9 Å². The van der Waals surface area contributed by atoms with Crippen molar-refractivity contribution in [2.75, 3.05) is 5.32 Å². The van der Waals surface area contributed by atoms with Gasteiger partial charge in [0.2, 0.25) is 0 Å². The molecule has 2 aromatic rings. The van der Waals surface area contributed by atoms with Crippen LogP contribution >= 0.6 is 23.8 Å². The van der Waals surface area contributed by atoms with Crippen molar-refractivity contribution in [1.29, 1.82) is 0 Å². The molecule has 0 spiro atoms. The number of halogens is 4. The molecular weight excluding hydrogens is 341 g/mol. The maximum atomic E-state index is 12.0. The van der Waals surface area contributed by atoms with Crippen molar-refractivity contribution in [2.24, 2.45) is 0 Å². The lowest BCUT2D eigenvalue weighted by atomic mass is 10.2. The first-order valence-electron chi connectivity index (χ1n) is 5.80. The van der Waals surface area contributed by atoms with Crippen LogP contribution < -0.4 is 10.1 Å². The Bertz CT molecular complexity index is 744. The largest absolute Gasteiger partial charge is 0.573 e. The van der Waals surface area contributed by atoms with Gasteiger partial charge in [-0.15, -0.1) is 13.2 Å². The number of hydrogen-bond acceptors (Lipinski definition) is 3. The lowest BCUT2D eigenvalue weighted by Crippen LogP contribution is -2.17. The third-order valence-corrected chi connectivity index (χ3v) is 3.32. The summed E-state index contributed by atoms with van der Waals surface area (Å²) in [6, 6.07) is 6.16. The second-order valence-corrected chi connectivity index (χ2v) is 4.85. The highest BCUT2D eigenvalue weighted by atomic mass is 35.5. The summed E-state index contributed by atoms with van der Waals surface area (Å²) in [5.41, 5.74) is 0.440. The number of rotatable bonds is 3. The van der Waals surface area contributed by atoms with E-state index in [0.717, 1.165) is 12.1 Å². The lowest BCUT2D eigenvalue weighted by molar-refractivity contribution is -0.274. The van der Waals surface area contributed by atoms with E-state index in [1.165, 1.54) is 24.4 Å². The minimum atomic E-state index is -4.77. The molecule has 0 bridgehead atoms. The van der Waals surface area contributed by atoms with E-state index in [2.05, 4.69) is 15.0 Å². The predicted molar refractivity (Wildman–Crippen MR) is 77.7 cm³/mol. The number of alkyl halides is 3. The molecule has 1 aromatic carbocycles. The molecule has 0 saturated carbocycles. The van der Waals surface area contributed by atoms with Crippen LogP contribution in [0.4, 0.5) is 18.9 Å². The van der Waals surface area contributed by atoms with Gasteiger partial charge in [-0.1, -0.05) is 23.8 Å². The molecule has 0 saturated heterocycles. The van der Waals surface area contributed by atoms with Gasteiger partial charge in [-0.25, -0.2) is 0 Å². The second kappa shape index (κ2) is 6.37. The van der Waals surface area contributed by atoms with Crippen molar-refractivity contribution in [3.63, 3.8) is 0 Å². The van der Waals surface area contributed by atoms with Gasteiger partial charge in [0.1, 0.15) is 10.4 Å². The zero-order chi connectivity index (χ0) is 16.3. The van der Waals surface area contributed by atoms with E-state index in [0.29, 0.717) is 0 Å². The Morgan fingerprint density at radius 1 is 1.23 bits per heavy atom. The van der Waals surface area contributed by atoms with E-state index in [4.69, 9.17) is 23.8 Å². The first-order valence-corrected chi connectivity index (χ1v) is 6.59. The van der Waals surface area contributed by atoms with Crippen LogP contribution in [0.15, 0.2) is 36.5 Å². The van der Waals surface area contributed by atoms with Crippen LogP contribution in [0.5, 0.6) is 5.75 Å². The average Bonchev–Trinajstić information content (AvgIpc) is 2.42. The summed E-state index contributed by atoms with van der Waals surface area (Å²) in [6.07, 6.45) is -3.30. The van der Waals surface area contributed by atoms with E-state index in [1.54, 1.807) is 0 Å². The lowest BCUT2D eigenvalue weighted by Gasteiger charge is -2.10. The number of benzene rings is 1. The summed E-state index contributed by atoms with van der Waals surface area (Å²) in [5, 5.41) is 2.59. The van der Waals surface area contributed by atoms with Crippen LogP contribution in [0.1, 0.15) is 10.4 Å². The van der Waals surface area contributed by atoms with Crippen molar-refractivity contribution in [2.45, 2.75) is 6.36 Å². The Morgan fingerprint density at radius 3 is 2.45 bits per heavy atom. The molecule has 1 aromatic heterocycles. The molecule has 1 amide bonds. The maximum Gasteiger partial charge on any atom is 0.573 e. The van der Waals surface area contributed by atoms with E-state index >= 15 is 0 Å². The summed E-state index contributed by atoms with van der Waals surface area (Å²) >= 11 is 10.8. The van der Waals surface area contributed by atoms with Crippen molar-refractivity contribution < 1.29 is 22.7 Å². The van der Waals surface area contributed by atoms with Gasteiger partial charge in [-0.2, -0.15) is 0 Å². The smallest absolute Gasteiger partial charge is 0.406 e. The number of anilines is 1. The molecule has 0 atom stereocenters. The molecule has 2 rings (SSSR count). The molecule has 0 aliphatic rings. The Hall–Kier alpha value is -2.06.